The van der Waals surface area contributed by atoms with E-state index in [1.54, 1.807) is 36.4 Å². The number of amides is 2. The summed E-state index contributed by atoms with van der Waals surface area (Å²) in [6, 6.07) is 14.3. The molecule has 192 valence electrons. The highest BCUT2D eigenvalue weighted by atomic mass is 32.1. The fraction of sp³-hybridized carbons (Fsp3) is 0.393. The Morgan fingerprint density at radius 1 is 1.03 bits per heavy atom. The molecule has 1 aliphatic heterocycles. The third-order valence-electron chi connectivity index (χ3n) is 8.18. The maximum atomic E-state index is 13.5. The standard InChI is InChI=1S/C28H28N2O5S2/c1-29(12-13-30-25(31)18-6-2-3-7-19(18)26(30)32)24-17-10-11-20(24)21(16-17)35-27(33)28(34,22-8-4-14-36-22)23-9-5-15-37-23/h2-9,14-15,17,20-21,24,34H,10-13,16H2,1H3/t17?,20-,21-,24?/m1/s1. The molecule has 37 heavy (non-hydrogen) atoms. The van der Waals surface area contributed by atoms with E-state index >= 15 is 0 Å². The second kappa shape index (κ2) is 9.47. The summed E-state index contributed by atoms with van der Waals surface area (Å²) in [7, 11) is 2.02. The molecule has 3 heterocycles. The van der Waals surface area contributed by atoms with Crippen LogP contribution in [0.15, 0.2) is 59.3 Å². The van der Waals surface area contributed by atoms with E-state index in [4.69, 9.17) is 4.74 Å². The molecule has 1 aromatic carbocycles. The first-order valence-corrected chi connectivity index (χ1v) is 14.3. The molecule has 2 aliphatic carbocycles. The van der Waals surface area contributed by atoms with Gasteiger partial charge < -0.3 is 14.7 Å². The van der Waals surface area contributed by atoms with Crippen LogP contribution in [0, 0.1) is 11.8 Å². The second-order valence-electron chi connectivity index (χ2n) is 10.1. The molecule has 2 saturated carbocycles. The van der Waals surface area contributed by atoms with Crippen LogP contribution in [0.25, 0.3) is 0 Å². The molecule has 7 nitrogen and oxygen atoms in total. The lowest BCUT2D eigenvalue weighted by atomic mass is 9.96. The van der Waals surface area contributed by atoms with Crippen LogP contribution in [0.1, 0.15) is 49.7 Å². The minimum absolute atomic E-state index is 0.150. The molecule has 0 radical (unpaired) electrons. The van der Waals surface area contributed by atoms with Crippen molar-refractivity contribution in [2.45, 2.75) is 37.0 Å². The lowest BCUT2D eigenvalue weighted by Crippen LogP contribution is -2.44. The molecule has 6 rings (SSSR count). The molecule has 2 fully saturated rings. The number of rotatable bonds is 8. The van der Waals surface area contributed by atoms with E-state index in [2.05, 4.69) is 4.90 Å². The monoisotopic (exact) mass is 536 g/mol. The molecule has 2 aromatic heterocycles. The molecular formula is C28H28N2O5S2. The van der Waals surface area contributed by atoms with Crippen molar-refractivity contribution in [3.05, 3.63) is 80.2 Å². The highest BCUT2D eigenvalue weighted by molar-refractivity contribution is 7.12. The van der Waals surface area contributed by atoms with Gasteiger partial charge in [-0.25, -0.2) is 4.79 Å². The number of hydrogen-bond acceptors (Lipinski definition) is 8. The van der Waals surface area contributed by atoms with Crippen molar-refractivity contribution in [1.82, 2.24) is 9.80 Å². The van der Waals surface area contributed by atoms with Gasteiger partial charge in [0.1, 0.15) is 6.10 Å². The van der Waals surface area contributed by atoms with Crippen LogP contribution in [0.4, 0.5) is 0 Å². The first kappa shape index (κ1) is 24.5. The van der Waals surface area contributed by atoms with Gasteiger partial charge in [-0.15, -0.1) is 22.7 Å². The van der Waals surface area contributed by atoms with E-state index in [-0.39, 0.29) is 29.9 Å². The normalized spacial score (nSPS) is 24.8. The van der Waals surface area contributed by atoms with Crippen molar-refractivity contribution in [2.24, 2.45) is 11.8 Å². The van der Waals surface area contributed by atoms with Gasteiger partial charge in [0.25, 0.3) is 11.8 Å². The largest absolute Gasteiger partial charge is 0.459 e. The molecule has 3 aliphatic rings. The van der Waals surface area contributed by atoms with Crippen LogP contribution in [0.5, 0.6) is 0 Å². The van der Waals surface area contributed by atoms with Gasteiger partial charge in [-0.1, -0.05) is 24.3 Å². The predicted octanol–water partition coefficient (Wildman–Crippen LogP) is 3.98. The molecule has 2 amide bonds. The SMILES string of the molecule is CN(CCN1C(=O)c2ccccc2C1=O)C1C2CC[C@@H]1[C@H](OC(=O)C(O)(c1cccs1)c1cccs1)C2. The molecule has 1 N–H and O–H groups in total. The number of aliphatic hydroxyl groups is 1. The van der Waals surface area contributed by atoms with Crippen LogP contribution in [-0.4, -0.2) is 65.0 Å². The van der Waals surface area contributed by atoms with E-state index in [0.29, 0.717) is 39.9 Å². The number of ether oxygens (including phenoxy) is 1. The summed E-state index contributed by atoms with van der Waals surface area (Å²) in [5.74, 6) is -0.584. The highest BCUT2D eigenvalue weighted by Crippen LogP contribution is 2.49. The molecule has 9 heteroatoms. The maximum absolute atomic E-state index is 13.5. The molecule has 0 saturated heterocycles. The fourth-order valence-corrected chi connectivity index (χ4v) is 8.13. The Morgan fingerprint density at radius 3 is 2.22 bits per heavy atom. The maximum Gasteiger partial charge on any atom is 0.349 e. The van der Waals surface area contributed by atoms with Crippen molar-refractivity contribution in [1.29, 1.82) is 0 Å². The van der Waals surface area contributed by atoms with Crippen molar-refractivity contribution in [3.63, 3.8) is 0 Å². The predicted molar refractivity (Wildman–Crippen MR) is 141 cm³/mol. The molecule has 2 unspecified atom stereocenters. The summed E-state index contributed by atoms with van der Waals surface area (Å²) in [4.78, 5) is 43.6. The zero-order valence-electron chi connectivity index (χ0n) is 20.4. The number of carbonyl (C=O) groups excluding carboxylic acids is 3. The number of esters is 1. The number of fused-ring (bicyclic) bond motifs is 3. The van der Waals surface area contributed by atoms with Gasteiger partial charge in [0.05, 0.1) is 20.9 Å². The Hall–Kier alpha value is -2.85. The first-order valence-electron chi connectivity index (χ1n) is 12.6. The third kappa shape index (κ3) is 3.96. The number of hydrogen-bond donors (Lipinski definition) is 1. The summed E-state index contributed by atoms with van der Waals surface area (Å²) in [5, 5.41) is 15.3. The number of imide groups is 1. The average molecular weight is 537 g/mol. The van der Waals surface area contributed by atoms with Gasteiger partial charge in [0, 0.05) is 25.0 Å². The highest BCUT2D eigenvalue weighted by Gasteiger charge is 2.53. The first-order chi connectivity index (χ1) is 17.9. The number of carbonyl (C=O) groups is 3. The molecular weight excluding hydrogens is 508 g/mol. The molecule has 4 atom stereocenters. The van der Waals surface area contributed by atoms with E-state index in [0.717, 1.165) is 19.3 Å². The summed E-state index contributed by atoms with van der Waals surface area (Å²) in [5.41, 5.74) is -0.879. The second-order valence-corrected chi connectivity index (χ2v) is 12.0. The van der Waals surface area contributed by atoms with Gasteiger partial charge in [-0.2, -0.15) is 0 Å². The van der Waals surface area contributed by atoms with Crippen molar-refractivity contribution in [3.8, 4) is 0 Å². The van der Waals surface area contributed by atoms with Gasteiger partial charge in [-0.05, 0) is 67.3 Å². The van der Waals surface area contributed by atoms with Gasteiger partial charge in [0.2, 0.25) is 5.60 Å². The van der Waals surface area contributed by atoms with Crippen molar-refractivity contribution >= 4 is 40.5 Å². The smallest absolute Gasteiger partial charge is 0.349 e. The Kier molecular flexibility index (Phi) is 6.27. The average Bonchev–Trinajstić information content (AvgIpc) is 3.74. The summed E-state index contributed by atoms with van der Waals surface area (Å²) in [6.07, 6.45) is 2.48. The van der Waals surface area contributed by atoms with Crippen molar-refractivity contribution in [2.75, 3.05) is 20.1 Å². The zero-order valence-corrected chi connectivity index (χ0v) is 22.0. The lowest BCUT2D eigenvalue weighted by molar-refractivity contribution is -0.170. The molecule has 0 spiro atoms. The van der Waals surface area contributed by atoms with Crippen LogP contribution in [0.2, 0.25) is 0 Å². The van der Waals surface area contributed by atoms with E-state index in [1.807, 2.05) is 29.9 Å². The quantitative estimate of drug-likeness (QED) is 0.346. The summed E-state index contributed by atoms with van der Waals surface area (Å²) in [6.45, 7) is 0.873. The van der Waals surface area contributed by atoms with Crippen LogP contribution in [-0.2, 0) is 15.1 Å². The number of benzene rings is 1. The third-order valence-corrected chi connectivity index (χ3v) is 10.1. The number of nitrogens with zero attached hydrogens (tertiary/aromatic N) is 2. The Labute approximate surface area is 223 Å². The van der Waals surface area contributed by atoms with Gasteiger partial charge >= 0.3 is 5.97 Å². The zero-order chi connectivity index (χ0) is 25.7. The lowest BCUT2D eigenvalue weighted by Gasteiger charge is -2.31. The van der Waals surface area contributed by atoms with Crippen molar-refractivity contribution < 1.29 is 24.2 Å². The Bertz CT molecular complexity index is 1250. The van der Waals surface area contributed by atoms with Crippen LogP contribution >= 0.6 is 22.7 Å². The fourth-order valence-electron chi connectivity index (χ4n) is 6.42. The molecule has 2 bridgehead atoms. The van der Waals surface area contributed by atoms with E-state index in [1.165, 1.54) is 27.6 Å². The number of likely N-dealkylation sites (N-methyl/N-ethyl adjacent to an activating group) is 1. The van der Waals surface area contributed by atoms with Gasteiger partial charge in [0.15, 0.2) is 0 Å². The Morgan fingerprint density at radius 2 is 1.65 bits per heavy atom. The number of thiophene rings is 2. The van der Waals surface area contributed by atoms with Crippen LogP contribution < -0.4 is 0 Å². The summed E-state index contributed by atoms with van der Waals surface area (Å²) < 4.78 is 6.07. The topological polar surface area (TPSA) is 87.2 Å². The molecule has 3 aromatic rings. The van der Waals surface area contributed by atoms with Gasteiger partial charge in [-0.3, -0.25) is 14.5 Å². The van der Waals surface area contributed by atoms with Crippen LogP contribution in [0.3, 0.4) is 0 Å². The minimum Gasteiger partial charge on any atom is -0.459 e. The summed E-state index contributed by atoms with van der Waals surface area (Å²) >= 11 is 2.67. The Balaban J connectivity index is 1.13. The van der Waals surface area contributed by atoms with E-state index in [9.17, 15) is 19.5 Å². The minimum atomic E-state index is -1.81. The van der Waals surface area contributed by atoms with E-state index < -0.39 is 11.6 Å².